The largest absolute Gasteiger partial charge is 0.469 e. The van der Waals surface area contributed by atoms with Crippen LogP contribution in [-0.2, 0) is 9.53 Å². The van der Waals surface area contributed by atoms with Crippen molar-refractivity contribution in [3.63, 3.8) is 0 Å². The van der Waals surface area contributed by atoms with Crippen LogP contribution in [0.4, 0.5) is 0 Å². The number of ether oxygens (including phenoxy) is 1. The van der Waals surface area contributed by atoms with Gasteiger partial charge in [0.1, 0.15) is 0 Å². The Bertz CT molecular complexity index is 232. The molecule has 0 bridgehead atoms. The van der Waals surface area contributed by atoms with E-state index in [1.807, 2.05) is 0 Å². The number of nitrogens with zero attached hydrogens (tertiary/aromatic N) is 1. The molecule has 0 saturated carbocycles. The normalized spacial score (nSPS) is 22.7. The van der Waals surface area contributed by atoms with Gasteiger partial charge >= 0.3 is 5.97 Å². The zero-order valence-electron chi connectivity index (χ0n) is 8.66. The number of carbonyl (C=O) groups excluding carboxylic acids is 1. The lowest BCUT2D eigenvalue weighted by molar-refractivity contribution is -0.147. The Kier molecular flexibility index (Phi) is 4.48. The molecule has 1 saturated heterocycles. The van der Waals surface area contributed by atoms with Gasteiger partial charge in [0.05, 0.1) is 13.0 Å². The highest BCUT2D eigenvalue weighted by Crippen LogP contribution is 2.17. The minimum Gasteiger partial charge on any atom is -0.469 e. The summed E-state index contributed by atoms with van der Waals surface area (Å²) in [6.07, 6.45) is 7.96. The average Bonchev–Trinajstić information content (AvgIpc) is 2.25. The van der Waals surface area contributed by atoms with Crippen LogP contribution in [0.5, 0.6) is 0 Å². The zero-order chi connectivity index (χ0) is 10.4. The van der Waals surface area contributed by atoms with Crippen LogP contribution in [0.25, 0.3) is 0 Å². The lowest BCUT2D eigenvalue weighted by Crippen LogP contribution is -2.39. The Morgan fingerprint density at radius 2 is 2.50 bits per heavy atom. The lowest BCUT2D eigenvalue weighted by Gasteiger charge is -2.30. The minimum atomic E-state index is -0.0876. The number of esters is 1. The van der Waals surface area contributed by atoms with E-state index in [2.05, 4.69) is 10.8 Å². The number of methoxy groups -OCH3 is 1. The van der Waals surface area contributed by atoms with Crippen molar-refractivity contribution >= 4 is 5.97 Å². The van der Waals surface area contributed by atoms with E-state index in [1.165, 1.54) is 7.11 Å². The lowest BCUT2D eigenvalue weighted by atomic mass is 9.98. The monoisotopic (exact) mass is 195 g/mol. The summed E-state index contributed by atoms with van der Waals surface area (Å²) < 4.78 is 4.74. The molecule has 0 N–H and O–H groups in total. The molecule has 1 heterocycles. The number of terminal acetylenes is 1. The van der Waals surface area contributed by atoms with Crippen molar-refractivity contribution in [2.45, 2.75) is 19.3 Å². The molecular formula is C11H17NO2. The first-order valence-electron chi connectivity index (χ1n) is 5.01. The third kappa shape index (κ3) is 3.04. The Morgan fingerprint density at radius 3 is 3.14 bits per heavy atom. The molecular weight excluding hydrogens is 178 g/mol. The summed E-state index contributed by atoms with van der Waals surface area (Å²) in [5.74, 6) is 2.58. The second-order valence-electron chi connectivity index (χ2n) is 3.62. The maximum absolute atomic E-state index is 11.3. The summed E-state index contributed by atoms with van der Waals surface area (Å²) in [5, 5.41) is 0. The number of piperidine rings is 1. The summed E-state index contributed by atoms with van der Waals surface area (Å²) in [4.78, 5) is 13.5. The van der Waals surface area contributed by atoms with Gasteiger partial charge < -0.3 is 9.64 Å². The Hall–Kier alpha value is -1.01. The SMILES string of the molecule is C#CCCN1CCCC(C(=O)OC)C1. The van der Waals surface area contributed by atoms with Gasteiger partial charge in [-0.25, -0.2) is 0 Å². The van der Waals surface area contributed by atoms with Gasteiger partial charge in [0, 0.05) is 19.5 Å². The number of hydrogen-bond donors (Lipinski definition) is 0. The molecule has 0 amide bonds. The Morgan fingerprint density at radius 1 is 1.71 bits per heavy atom. The predicted octanol–water partition coefficient (Wildman–Crippen LogP) is 0.895. The summed E-state index contributed by atoms with van der Waals surface area (Å²) in [5.41, 5.74) is 0. The van der Waals surface area contributed by atoms with Crippen LogP contribution in [0, 0.1) is 18.3 Å². The fraction of sp³-hybridized carbons (Fsp3) is 0.727. The first kappa shape index (κ1) is 11.1. The van der Waals surface area contributed by atoms with Crippen molar-refractivity contribution in [2.75, 3.05) is 26.7 Å². The van der Waals surface area contributed by atoms with Crippen LogP contribution in [0.15, 0.2) is 0 Å². The number of hydrogen-bond acceptors (Lipinski definition) is 3. The third-order valence-electron chi connectivity index (χ3n) is 2.61. The maximum Gasteiger partial charge on any atom is 0.309 e. The van der Waals surface area contributed by atoms with Crippen molar-refractivity contribution in [1.82, 2.24) is 4.90 Å². The molecule has 0 aromatic heterocycles. The van der Waals surface area contributed by atoms with E-state index < -0.39 is 0 Å². The van der Waals surface area contributed by atoms with Gasteiger partial charge in [-0.05, 0) is 19.4 Å². The van der Waals surface area contributed by atoms with Gasteiger partial charge in [-0.15, -0.1) is 12.3 Å². The zero-order valence-corrected chi connectivity index (χ0v) is 8.66. The highest BCUT2D eigenvalue weighted by Gasteiger charge is 2.25. The fourth-order valence-corrected chi connectivity index (χ4v) is 1.84. The molecule has 1 atom stereocenters. The molecule has 0 radical (unpaired) electrons. The summed E-state index contributed by atoms with van der Waals surface area (Å²) >= 11 is 0. The van der Waals surface area contributed by atoms with Gasteiger partial charge in [0.25, 0.3) is 0 Å². The first-order valence-corrected chi connectivity index (χ1v) is 5.01. The molecule has 3 nitrogen and oxygen atoms in total. The van der Waals surface area contributed by atoms with Gasteiger partial charge in [0.2, 0.25) is 0 Å². The number of carbonyl (C=O) groups is 1. The van der Waals surface area contributed by atoms with E-state index in [0.717, 1.165) is 38.9 Å². The van der Waals surface area contributed by atoms with Crippen molar-refractivity contribution in [1.29, 1.82) is 0 Å². The average molecular weight is 195 g/mol. The number of likely N-dealkylation sites (tertiary alicyclic amines) is 1. The molecule has 1 rings (SSSR count). The van der Waals surface area contributed by atoms with Crippen molar-refractivity contribution in [3.8, 4) is 12.3 Å². The van der Waals surface area contributed by atoms with Crippen LogP contribution in [0.1, 0.15) is 19.3 Å². The molecule has 1 fully saturated rings. The van der Waals surface area contributed by atoms with Crippen LogP contribution < -0.4 is 0 Å². The van der Waals surface area contributed by atoms with E-state index in [-0.39, 0.29) is 11.9 Å². The summed E-state index contributed by atoms with van der Waals surface area (Å²) in [7, 11) is 1.45. The number of rotatable bonds is 3. The predicted molar refractivity (Wildman–Crippen MR) is 54.6 cm³/mol. The maximum atomic E-state index is 11.3. The van der Waals surface area contributed by atoms with Crippen LogP contribution >= 0.6 is 0 Å². The highest BCUT2D eigenvalue weighted by atomic mass is 16.5. The van der Waals surface area contributed by atoms with Crippen molar-refractivity contribution in [2.24, 2.45) is 5.92 Å². The molecule has 0 aliphatic carbocycles. The molecule has 0 aromatic rings. The first-order chi connectivity index (χ1) is 6.77. The Labute approximate surface area is 85.4 Å². The van der Waals surface area contributed by atoms with Crippen LogP contribution in [0.3, 0.4) is 0 Å². The van der Waals surface area contributed by atoms with Gasteiger partial charge in [-0.2, -0.15) is 0 Å². The second-order valence-corrected chi connectivity index (χ2v) is 3.62. The molecule has 0 aromatic carbocycles. The molecule has 3 heteroatoms. The molecule has 78 valence electrons. The molecule has 1 unspecified atom stereocenters. The minimum absolute atomic E-state index is 0.0477. The summed E-state index contributed by atoms with van der Waals surface area (Å²) in [6, 6.07) is 0. The highest BCUT2D eigenvalue weighted by molar-refractivity contribution is 5.72. The van der Waals surface area contributed by atoms with Crippen LogP contribution in [-0.4, -0.2) is 37.6 Å². The molecule has 0 spiro atoms. The van der Waals surface area contributed by atoms with Crippen molar-refractivity contribution in [3.05, 3.63) is 0 Å². The van der Waals surface area contributed by atoms with E-state index in [1.54, 1.807) is 0 Å². The van der Waals surface area contributed by atoms with Gasteiger partial charge in [-0.3, -0.25) is 4.79 Å². The van der Waals surface area contributed by atoms with Crippen LogP contribution in [0.2, 0.25) is 0 Å². The standard InChI is InChI=1S/C11H17NO2/c1-3-4-7-12-8-5-6-10(9-12)11(13)14-2/h1,10H,4-9H2,2H3. The molecule has 1 aliphatic heterocycles. The second kappa shape index (κ2) is 5.66. The molecule has 14 heavy (non-hydrogen) atoms. The molecule has 1 aliphatic rings. The Balaban J connectivity index is 2.36. The van der Waals surface area contributed by atoms with Crippen molar-refractivity contribution < 1.29 is 9.53 Å². The summed E-state index contributed by atoms with van der Waals surface area (Å²) in [6.45, 7) is 2.74. The fourth-order valence-electron chi connectivity index (χ4n) is 1.84. The third-order valence-corrected chi connectivity index (χ3v) is 2.61. The topological polar surface area (TPSA) is 29.5 Å². The van der Waals surface area contributed by atoms with E-state index in [4.69, 9.17) is 11.2 Å². The quantitative estimate of drug-likeness (QED) is 0.495. The van der Waals surface area contributed by atoms with E-state index in [9.17, 15) is 4.79 Å². The van der Waals surface area contributed by atoms with E-state index in [0.29, 0.717) is 0 Å². The van der Waals surface area contributed by atoms with E-state index >= 15 is 0 Å². The smallest absolute Gasteiger partial charge is 0.309 e. The van der Waals surface area contributed by atoms with Gasteiger partial charge in [0.15, 0.2) is 0 Å². The van der Waals surface area contributed by atoms with Gasteiger partial charge in [-0.1, -0.05) is 0 Å².